The fourth-order valence-electron chi connectivity index (χ4n) is 5.92. The lowest BCUT2D eigenvalue weighted by Gasteiger charge is -2.40. The van der Waals surface area contributed by atoms with Crippen molar-refractivity contribution in [2.24, 2.45) is 0 Å². The van der Waals surface area contributed by atoms with E-state index in [1.807, 2.05) is 6.07 Å². The molecule has 5 aromatic carbocycles. The molecule has 0 unspecified atom stereocenters. The number of aromatic nitrogens is 2. The van der Waals surface area contributed by atoms with E-state index in [0.29, 0.717) is 0 Å². The predicted octanol–water partition coefficient (Wildman–Crippen LogP) is 9.92. The van der Waals surface area contributed by atoms with E-state index in [9.17, 15) is 0 Å². The van der Waals surface area contributed by atoms with Gasteiger partial charge in [-0.2, -0.15) is 0 Å². The molecule has 2 aromatic heterocycles. The number of imidazole rings is 1. The Balaban J connectivity index is 1.34. The van der Waals surface area contributed by atoms with Crippen molar-refractivity contribution >= 4 is 39.8 Å². The highest BCUT2D eigenvalue weighted by Crippen LogP contribution is 2.54. The van der Waals surface area contributed by atoms with Gasteiger partial charge in [-0.05, 0) is 42.5 Å². The van der Waals surface area contributed by atoms with Crippen LogP contribution in [0.25, 0.3) is 28.2 Å². The lowest BCUT2D eigenvalue weighted by Crippen LogP contribution is -2.23. The molecule has 0 N–H and O–H groups in total. The molecule has 0 saturated heterocycles. The van der Waals surface area contributed by atoms with Crippen LogP contribution in [0.4, 0.5) is 34.1 Å². The van der Waals surface area contributed by atoms with Crippen LogP contribution >= 0.6 is 0 Å². The van der Waals surface area contributed by atoms with Gasteiger partial charge in [-0.3, -0.25) is 4.40 Å². The summed E-state index contributed by atoms with van der Waals surface area (Å²) in [6, 6.07) is 53.1. The van der Waals surface area contributed by atoms with Crippen LogP contribution in [0, 0.1) is 0 Å². The standard InChI is InChI=1S/C37H26N4/c1-4-14-27(15-5-1)36-37(28-16-6-2-7-17-28)39-25-24-30(26-35(39)38-36)41-33-22-12-10-20-31(33)40(29-18-8-3-9-19-29)32-21-11-13-23-34(32)41/h1-26H. The number of fused-ring (bicyclic) bond motifs is 3. The van der Waals surface area contributed by atoms with Gasteiger partial charge in [-0.1, -0.05) is 103 Å². The summed E-state index contributed by atoms with van der Waals surface area (Å²) in [6.07, 6.45) is 2.15. The minimum absolute atomic E-state index is 0.903. The maximum Gasteiger partial charge on any atom is 0.140 e. The first-order chi connectivity index (χ1) is 20.4. The predicted molar refractivity (Wildman–Crippen MR) is 169 cm³/mol. The zero-order valence-electron chi connectivity index (χ0n) is 22.3. The van der Waals surface area contributed by atoms with Crippen molar-refractivity contribution in [2.75, 3.05) is 9.80 Å². The van der Waals surface area contributed by atoms with Gasteiger partial charge in [-0.15, -0.1) is 0 Å². The summed E-state index contributed by atoms with van der Waals surface area (Å²) in [6.45, 7) is 0. The molecule has 1 aliphatic rings. The molecular formula is C37H26N4. The van der Waals surface area contributed by atoms with Gasteiger partial charge in [0.15, 0.2) is 0 Å². The number of anilines is 6. The SMILES string of the molecule is c1ccc(-c2nc3cc(N4c5ccccc5N(c5ccccc5)c5ccccc54)ccn3c2-c2ccccc2)cc1. The van der Waals surface area contributed by atoms with Gasteiger partial charge in [0, 0.05) is 29.1 Å². The van der Waals surface area contributed by atoms with Gasteiger partial charge in [0.25, 0.3) is 0 Å². The van der Waals surface area contributed by atoms with Crippen molar-refractivity contribution < 1.29 is 0 Å². The number of hydrogen-bond donors (Lipinski definition) is 0. The van der Waals surface area contributed by atoms with E-state index in [0.717, 1.165) is 62.3 Å². The van der Waals surface area contributed by atoms with Crippen LogP contribution in [-0.2, 0) is 0 Å². The Morgan fingerprint density at radius 3 is 1.44 bits per heavy atom. The zero-order valence-corrected chi connectivity index (χ0v) is 22.3. The monoisotopic (exact) mass is 526 g/mol. The molecule has 0 radical (unpaired) electrons. The van der Waals surface area contributed by atoms with Crippen molar-refractivity contribution in [1.82, 2.24) is 9.38 Å². The maximum atomic E-state index is 5.22. The Morgan fingerprint density at radius 1 is 0.415 bits per heavy atom. The highest BCUT2D eigenvalue weighted by atomic mass is 15.3. The molecule has 0 amide bonds. The van der Waals surface area contributed by atoms with Crippen LogP contribution in [0.3, 0.4) is 0 Å². The second-order valence-electron chi connectivity index (χ2n) is 10.1. The van der Waals surface area contributed by atoms with Gasteiger partial charge in [0.05, 0.1) is 39.8 Å². The fraction of sp³-hybridized carbons (Fsp3) is 0. The van der Waals surface area contributed by atoms with Crippen molar-refractivity contribution in [3.8, 4) is 22.5 Å². The average Bonchev–Trinajstić information content (AvgIpc) is 3.44. The Kier molecular flexibility index (Phi) is 5.42. The van der Waals surface area contributed by atoms with Gasteiger partial charge in [0.2, 0.25) is 0 Å². The van der Waals surface area contributed by atoms with Crippen molar-refractivity contribution in [3.63, 3.8) is 0 Å². The van der Waals surface area contributed by atoms with Crippen LogP contribution in [0.15, 0.2) is 158 Å². The molecule has 194 valence electrons. The van der Waals surface area contributed by atoms with Crippen molar-refractivity contribution in [2.45, 2.75) is 0 Å². The van der Waals surface area contributed by atoms with E-state index < -0.39 is 0 Å². The van der Waals surface area contributed by atoms with Gasteiger partial charge < -0.3 is 9.80 Å². The number of pyridine rings is 1. The van der Waals surface area contributed by atoms with Crippen LogP contribution in [-0.4, -0.2) is 9.38 Å². The zero-order chi connectivity index (χ0) is 27.2. The first-order valence-electron chi connectivity index (χ1n) is 13.8. The Hall–Kier alpha value is -5.61. The molecule has 1 aliphatic heterocycles. The molecule has 0 aliphatic carbocycles. The van der Waals surface area contributed by atoms with Gasteiger partial charge >= 0.3 is 0 Å². The molecule has 4 nitrogen and oxygen atoms in total. The molecule has 41 heavy (non-hydrogen) atoms. The molecular weight excluding hydrogens is 500 g/mol. The normalized spacial score (nSPS) is 12.3. The quantitative estimate of drug-likeness (QED) is 0.228. The minimum atomic E-state index is 0.903. The number of para-hydroxylation sites is 5. The Labute approximate surface area is 239 Å². The second-order valence-corrected chi connectivity index (χ2v) is 10.1. The Bertz CT molecular complexity index is 1950. The summed E-state index contributed by atoms with van der Waals surface area (Å²) in [5, 5.41) is 0. The summed E-state index contributed by atoms with van der Waals surface area (Å²) in [5.74, 6) is 0. The van der Waals surface area contributed by atoms with E-state index in [-0.39, 0.29) is 0 Å². The molecule has 0 atom stereocenters. The summed E-state index contributed by atoms with van der Waals surface area (Å²) in [5.41, 5.74) is 11.9. The molecule has 0 bridgehead atoms. The van der Waals surface area contributed by atoms with Gasteiger partial charge in [0.1, 0.15) is 5.65 Å². The van der Waals surface area contributed by atoms with Crippen molar-refractivity contribution in [1.29, 1.82) is 0 Å². The van der Waals surface area contributed by atoms with E-state index in [1.54, 1.807) is 0 Å². The highest BCUT2D eigenvalue weighted by molar-refractivity contribution is 6.01. The van der Waals surface area contributed by atoms with E-state index in [4.69, 9.17) is 4.98 Å². The van der Waals surface area contributed by atoms with E-state index in [1.165, 1.54) is 0 Å². The largest absolute Gasteiger partial charge is 0.306 e. The molecule has 3 heterocycles. The summed E-state index contributed by atoms with van der Waals surface area (Å²) in [4.78, 5) is 9.91. The van der Waals surface area contributed by atoms with Crippen LogP contribution in [0.5, 0.6) is 0 Å². The second kappa shape index (κ2) is 9.54. The summed E-state index contributed by atoms with van der Waals surface area (Å²) < 4.78 is 2.21. The Morgan fingerprint density at radius 2 is 0.878 bits per heavy atom. The number of hydrogen-bond acceptors (Lipinski definition) is 3. The summed E-state index contributed by atoms with van der Waals surface area (Å²) >= 11 is 0. The first-order valence-corrected chi connectivity index (χ1v) is 13.8. The maximum absolute atomic E-state index is 5.22. The third-order valence-electron chi connectivity index (χ3n) is 7.70. The number of rotatable bonds is 4. The van der Waals surface area contributed by atoms with Crippen LogP contribution in [0.2, 0.25) is 0 Å². The third-order valence-corrected chi connectivity index (χ3v) is 7.70. The average molecular weight is 527 g/mol. The fourth-order valence-corrected chi connectivity index (χ4v) is 5.92. The van der Waals surface area contributed by atoms with Gasteiger partial charge in [-0.25, -0.2) is 4.98 Å². The topological polar surface area (TPSA) is 23.8 Å². The molecule has 4 heteroatoms. The number of benzene rings is 5. The van der Waals surface area contributed by atoms with Crippen molar-refractivity contribution in [3.05, 3.63) is 158 Å². The first kappa shape index (κ1) is 23.3. The molecule has 0 fully saturated rings. The van der Waals surface area contributed by atoms with Crippen LogP contribution in [0.1, 0.15) is 0 Å². The van der Waals surface area contributed by atoms with Crippen LogP contribution < -0.4 is 9.80 Å². The minimum Gasteiger partial charge on any atom is -0.306 e. The molecule has 0 spiro atoms. The lowest BCUT2D eigenvalue weighted by molar-refractivity contribution is 1.14. The smallest absolute Gasteiger partial charge is 0.140 e. The number of nitrogens with zero attached hydrogens (tertiary/aromatic N) is 4. The highest BCUT2D eigenvalue weighted by Gasteiger charge is 2.30. The van der Waals surface area contributed by atoms with E-state index >= 15 is 0 Å². The van der Waals surface area contributed by atoms with E-state index in [2.05, 4.69) is 166 Å². The molecule has 0 saturated carbocycles. The third kappa shape index (κ3) is 3.80. The molecule has 8 rings (SSSR count). The lowest BCUT2D eigenvalue weighted by atomic mass is 10.0. The summed E-state index contributed by atoms with van der Waals surface area (Å²) in [7, 11) is 0. The molecule has 7 aromatic rings.